The third-order valence-corrected chi connectivity index (χ3v) is 4.32. The molecule has 1 fully saturated rings. The molecular formula is C14H17N5O2S. The molecule has 0 saturated heterocycles. The standard InChI is InChI=1S/C14H17N5O2S/c1-2-18(9-11-4-3-7-22-11)14-15-8-12(19(20)21)13(17-14)16-10-5-6-10/h3-4,7-8,10H,2,5-6,9H2,1H3,(H,15,16,17). The molecule has 2 aromatic heterocycles. The number of aromatic nitrogens is 2. The van der Waals surface area contributed by atoms with E-state index in [9.17, 15) is 10.1 Å². The molecule has 0 spiro atoms. The van der Waals surface area contributed by atoms with Crippen LogP contribution in [0.5, 0.6) is 0 Å². The summed E-state index contributed by atoms with van der Waals surface area (Å²) in [6.45, 7) is 3.46. The Morgan fingerprint density at radius 3 is 2.95 bits per heavy atom. The number of hydrogen-bond acceptors (Lipinski definition) is 7. The Balaban J connectivity index is 1.86. The molecule has 8 heteroatoms. The van der Waals surface area contributed by atoms with Gasteiger partial charge < -0.3 is 10.2 Å². The average Bonchev–Trinajstić information content (AvgIpc) is 3.17. The van der Waals surface area contributed by atoms with E-state index in [1.807, 2.05) is 23.3 Å². The summed E-state index contributed by atoms with van der Waals surface area (Å²) in [6.07, 6.45) is 3.36. The molecule has 1 saturated carbocycles. The summed E-state index contributed by atoms with van der Waals surface area (Å²) in [6, 6.07) is 4.36. The lowest BCUT2D eigenvalue weighted by atomic mass is 10.4. The summed E-state index contributed by atoms with van der Waals surface area (Å²) in [4.78, 5) is 22.5. The topological polar surface area (TPSA) is 84.2 Å². The zero-order valence-electron chi connectivity index (χ0n) is 12.2. The maximum Gasteiger partial charge on any atom is 0.329 e. The van der Waals surface area contributed by atoms with Crippen LogP contribution in [-0.2, 0) is 6.54 Å². The lowest BCUT2D eigenvalue weighted by molar-refractivity contribution is -0.384. The maximum atomic E-state index is 11.1. The van der Waals surface area contributed by atoms with Gasteiger partial charge in [-0.2, -0.15) is 4.98 Å². The van der Waals surface area contributed by atoms with Gasteiger partial charge in [0.25, 0.3) is 0 Å². The number of rotatable bonds is 7. The van der Waals surface area contributed by atoms with Crippen LogP contribution >= 0.6 is 11.3 Å². The van der Waals surface area contributed by atoms with Gasteiger partial charge in [0, 0.05) is 17.5 Å². The van der Waals surface area contributed by atoms with Crippen molar-refractivity contribution >= 4 is 28.8 Å². The van der Waals surface area contributed by atoms with Crippen molar-refractivity contribution in [2.75, 3.05) is 16.8 Å². The molecule has 0 aliphatic heterocycles. The molecule has 1 aliphatic carbocycles. The van der Waals surface area contributed by atoms with Crippen molar-refractivity contribution in [2.24, 2.45) is 0 Å². The first kappa shape index (κ1) is 14.7. The van der Waals surface area contributed by atoms with Crippen molar-refractivity contribution in [2.45, 2.75) is 32.4 Å². The van der Waals surface area contributed by atoms with Crippen molar-refractivity contribution in [3.8, 4) is 0 Å². The molecule has 0 bridgehead atoms. The monoisotopic (exact) mass is 319 g/mol. The largest absolute Gasteiger partial charge is 0.361 e. The second-order valence-electron chi connectivity index (χ2n) is 5.17. The highest BCUT2D eigenvalue weighted by Crippen LogP contribution is 2.30. The van der Waals surface area contributed by atoms with E-state index >= 15 is 0 Å². The maximum absolute atomic E-state index is 11.1. The van der Waals surface area contributed by atoms with Gasteiger partial charge in [-0.05, 0) is 31.2 Å². The van der Waals surface area contributed by atoms with Crippen molar-refractivity contribution < 1.29 is 4.92 Å². The summed E-state index contributed by atoms with van der Waals surface area (Å²) < 4.78 is 0. The number of nitro groups is 1. The van der Waals surface area contributed by atoms with E-state index in [1.54, 1.807) is 11.3 Å². The van der Waals surface area contributed by atoms with E-state index in [0.29, 0.717) is 24.4 Å². The SMILES string of the molecule is CCN(Cc1cccs1)c1ncc([N+](=O)[O-])c(NC2CC2)n1. The highest BCUT2D eigenvalue weighted by molar-refractivity contribution is 7.09. The van der Waals surface area contributed by atoms with Crippen molar-refractivity contribution in [3.63, 3.8) is 0 Å². The molecule has 2 heterocycles. The summed E-state index contributed by atoms with van der Waals surface area (Å²) in [7, 11) is 0. The molecule has 22 heavy (non-hydrogen) atoms. The molecule has 3 rings (SSSR count). The van der Waals surface area contributed by atoms with Crippen molar-refractivity contribution in [1.29, 1.82) is 0 Å². The first-order chi connectivity index (χ1) is 10.7. The van der Waals surface area contributed by atoms with Gasteiger partial charge in [-0.1, -0.05) is 6.07 Å². The fourth-order valence-electron chi connectivity index (χ4n) is 2.09. The van der Waals surface area contributed by atoms with Gasteiger partial charge in [0.1, 0.15) is 6.20 Å². The van der Waals surface area contributed by atoms with E-state index < -0.39 is 4.92 Å². The third kappa shape index (κ3) is 3.33. The van der Waals surface area contributed by atoms with E-state index in [1.165, 1.54) is 11.1 Å². The summed E-state index contributed by atoms with van der Waals surface area (Å²) in [5.41, 5.74) is -0.0668. The molecule has 0 aromatic carbocycles. The zero-order valence-corrected chi connectivity index (χ0v) is 13.0. The number of thiophene rings is 1. The minimum Gasteiger partial charge on any atom is -0.361 e. The number of anilines is 2. The van der Waals surface area contributed by atoms with Crippen LogP contribution in [0.4, 0.5) is 17.5 Å². The van der Waals surface area contributed by atoms with E-state index in [4.69, 9.17) is 0 Å². The third-order valence-electron chi connectivity index (χ3n) is 3.46. The van der Waals surface area contributed by atoms with Crippen LogP contribution in [0.1, 0.15) is 24.6 Å². The smallest absolute Gasteiger partial charge is 0.329 e. The number of nitrogens with one attached hydrogen (secondary N) is 1. The Labute approximate surface area is 132 Å². The fourth-order valence-corrected chi connectivity index (χ4v) is 2.81. The molecular weight excluding hydrogens is 302 g/mol. The van der Waals surface area contributed by atoms with Crippen LogP contribution in [-0.4, -0.2) is 27.5 Å². The Morgan fingerprint density at radius 1 is 1.55 bits per heavy atom. The predicted molar refractivity (Wildman–Crippen MR) is 86.4 cm³/mol. The molecule has 7 nitrogen and oxygen atoms in total. The minimum absolute atomic E-state index is 0.0668. The second kappa shape index (κ2) is 6.27. The second-order valence-corrected chi connectivity index (χ2v) is 6.21. The van der Waals surface area contributed by atoms with Gasteiger partial charge in [-0.15, -0.1) is 11.3 Å². The summed E-state index contributed by atoms with van der Waals surface area (Å²) >= 11 is 1.67. The normalized spacial score (nSPS) is 13.9. The van der Waals surface area contributed by atoms with Gasteiger partial charge in [0.2, 0.25) is 11.8 Å². The molecule has 0 atom stereocenters. The van der Waals surface area contributed by atoms with Crippen LogP contribution in [0.3, 0.4) is 0 Å². The number of hydrogen-bond donors (Lipinski definition) is 1. The summed E-state index contributed by atoms with van der Waals surface area (Å²) in [5, 5.41) is 16.3. The molecule has 0 unspecified atom stereocenters. The summed E-state index contributed by atoms with van der Waals surface area (Å²) in [5.74, 6) is 0.840. The minimum atomic E-state index is -0.440. The van der Waals surface area contributed by atoms with Gasteiger partial charge in [-0.3, -0.25) is 10.1 Å². The molecule has 1 N–H and O–H groups in total. The highest BCUT2D eigenvalue weighted by atomic mass is 32.1. The number of nitrogens with zero attached hydrogens (tertiary/aromatic N) is 4. The van der Waals surface area contributed by atoms with Crippen LogP contribution in [0.2, 0.25) is 0 Å². The Bertz CT molecular complexity index is 657. The fraction of sp³-hybridized carbons (Fsp3) is 0.429. The van der Waals surface area contributed by atoms with Crippen LogP contribution < -0.4 is 10.2 Å². The Morgan fingerprint density at radius 2 is 2.36 bits per heavy atom. The van der Waals surface area contributed by atoms with Crippen LogP contribution in [0.25, 0.3) is 0 Å². The van der Waals surface area contributed by atoms with Crippen LogP contribution in [0, 0.1) is 10.1 Å². The van der Waals surface area contributed by atoms with Gasteiger partial charge in [-0.25, -0.2) is 4.98 Å². The Hall–Kier alpha value is -2.22. The lowest BCUT2D eigenvalue weighted by Crippen LogP contribution is -2.24. The Kier molecular flexibility index (Phi) is 4.19. The van der Waals surface area contributed by atoms with Crippen molar-refractivity contribution in [3.05, 3.63) is 38.7 Å². The average molecular weight is 319 g/mol. The molecule has 116 valence electrons. The lowest BCUT2D eigenvalue weighted by Gasteiger charge is -2.20. The van der Waals surface area contributed by atoms with Crippen LogP contribution in [0.15, 0.2) is 23.7 Å². The van der Waals surface area contributed by atoms with E-state index in [-0.39, 0.29) is 5.69 Å². The first-order valence-corrected chi connectivity index (χ1v) is 8.10. The van der Waals surface area contributed by atoms with E-state index in [2.05, 4.69) is 21.4 Å². The zero-order chi connectivity index (χ0) is 15.5. The molecule has 1 aliphatic rings. The molecule has 2 aromatic rings. The quantitative estimate of drug-likeness (QED) is 0.624. The van der Waals surface area contributed by atoms with Gasteiger partial charge >= 0.3 is 5.69 Å². The first-order valence-electron chi connectivity index (χ1n) is 7.22. The van der Waals surface area contributed by atoms with Gasteiger partial charge in [0.05, 0.1) is 11.5 Å². The molecule has 0 amide bonds. The highest BCUT2D eigenvalue weighted by Gasteiger charge is 2.27. The van der Waals surface area contributed by atoms with Crippen molar-refractivity contribution in [1.82, 2.24) is 9.97 Å². The van der Waals surface area contributed by atoms with E-state index in [0.717, 1.165) is 19.4 Å². The van der Waals surface area contributed by atoms with Gasteiger partial charge in [0.15, 0.2) is 0 Å². The molecule has 0 radical (unpaired) electrons. The predicted octanol–water partition coefficient (Wildman–Crippen LogP) is 3.05.